The third-order valence-corrected chi connectivity index (χ3v) is 2.61. The Balaban J connectivity index is 0.00000225. The number of amides is 1. The van der Waals surface area contributed by atoms with Gasteiger partial charge in [-0.3, -0.25) is 4.79 Å². The fraction of sp³-hybridized carbons (Fsp3) is 0.889. The van der Waals surface area contributed by atoms with E-state index in [9.17, 15) is 18.0 Å². The van der Waals surface area contributed by atoms with Crippen LogP contribution in [0.25, 0.3) is 0 Å². The molecule has 0 radical (unpaired) electrons. The molecular formula is C9H16ClF3N2O. The van der Waals surface area contributed by atoms with Gasteiger partial charge < -0.3 is 10.6 Å². The number of rotatable bonds is 3. The van der Waals surface area contributed by atoms with Crippen LogP contribution in [0, 0.1) is 5.41 Å². The Labute approximate surface area is 98.6 Å². The molecule has 1 aliphatic rings. The lowest BCUT2D eigenvalue weighted by molar-refractivity contribution is -0.138. The number of hydrogen-bond donors (Lipinski definition) is 2. The minimum absolute atomic E-state index is 0. The van der Waals surface area contributed by atoms with Crippen molar-refractivity contribution in [2.24, 2.45) is 5.41 Å². The van der Waals surface area contributed by atoms with Crippen molar-refractivity contribution in [2.45, 2.75) is 25.9 Å². The van der Waals surface area contributed by atoms with Crippen molar-refractivity contribution in [3.8, 4) is 0 Å². The Kier molecular flexibility index (Phi) is 5.55. The summed E-state index contributed by atoms with van der Waals surface area (Å²) in [6.45, 7) is 2.70. The van der Waals surface area contributed by atoms with E-state index in [-0.39, 0.29) is 24.9 Å². The first kappa shape index (κ1) is 15.5. The van der Waals surface area contributed by atoms with Gasteiger partial charge in [-0.15, -0.1) is 12.4 Å². The topological polar surface area (TPSA) is 41.1 Å². The maximum atomic E-state index is 11.8. The molecule has 0 aromatic rings. The quantitative estimate of drug-likeness (QED) is 0.807. The summed E-state index contributed by atoms with van der Waals surface area (Å²) in [5.41, 5.74) is -0.550. The molecule has 1 unspecified atom stereocenters. The van der Waals surface area contributed by atoms with Crippen molar-refractivity contribution >= 4 is 18.3 Å². The van der Waals surface area contributed by atoms with E-state index in [1.165, 1.54) is 0 Å². The lowest BCUT2D eigenvalue weighted by Crippen LogP contribution is -2.41. The van der Waals surface area contributed by atoms with Crippen LogP contribution in [0.1, 0.15) is 19.8 Å². The van der Waals surface area contributed by atoms with Gasteiger partial charge in [0.15, 0.2) is 0 Å². The number of carbonyl (C=O) groups excluding carboxylic acids is 1. The summed E-state index contributed by atoms with van der Waals surface area (Å²) in [6, 6.07) is 0. The standard InChI is InChI=1S/C9H15F3N2O.ClH/c1-8(2-4-13-6-8)7(15)14-5-3-9(10,11)12;/h13H,2-6H2,1H3,(H,14,15);1H. The van der Waals surface area contributed by atoms with E-state index in [0.717, 1.165) is 6.54 Å². The Bertz CT molecular complexity index is 239. The molecule has 0 aromatic carbocycles. The monoisotopic (exact) mass is 260 g/mol. The van der Waals surface area contributed by atoms with Crippen molar-refractivity contribution in [3.63, 3.8) is 0 Å². The van der Waals surface area contributed by atoms with Gasteiger partial charge in [0, 0.05) is 13.1 Å². The summed E-state index contributed by atoms with van der Waals surface area (Å²) in [5, 5.41) is 5.34. The molecule has 1 fully saturated rings. The van der Waals surface area contributed by atoms with E-state index in [1.807, 2.05) is 0 Å². The summed E-state index contributed by atoms with van der Waals surface area (Å²) < 4.78 is 35.4. The van der Waals surface area contributed by atoms with Gasteiger partial charge in [0.1, 0.15) is 0 Å². The molecule has 0 aliphatic carbocycles. The van der Waals surface area contributed by atoms with Gasteiger partial charge in [-0.2, -0.15) is 13.2 Å². The van der Waals surface area contributed by atoms with E-state index in [4.69, 9.17) is 0 Å². The van der Waals surface area contributed by atoms with Crippen LogP contribution < -0.4 is 10.6 Å². The van der Waals surface area contributed by atoms with Crippen molar-refractivity contribution in [2.75, 3.05) is 19.6 Å². The average Bonchev–Trinajstić information content (AvgIpc) is 2.51. The molecule has 1 heterocycles. The average molecular weight is 261 g/mol. The van der Waals surface area contributed by atoms with E-state index in [1.54, 1.807) is 6.92 Å². The first-order valence-corrected chi connectivity index (χ1v) is 4.89. The fourth-order valence-corrected chi connectivity index (χ4v) is 1.54. The maximum Gasteiger partial charge on any atom is 0.390 e. The molecule has 1 atom stereocenters. The SMILES string of the molecule is CC1(C(=O)NCCC(F)(F)F)CCNC1.Cl. The lowest BCUT2D eigenvalue weighted by atomic mass is 9.89. The first-order valence-electron chi connectivity index (χ1n) is 4.89. The third-order valence-electron chi connectivity index (χ3n) is 2.61. The van der Waals surface area contributed by atoms with Gasteiger partial charge >= 0.3 is 6.18 Å². The molecule has 0 spiro atoms. The molecule has 1 amide bonds. The van der Waals surface area contributed by atoms with Crippen LogP contribution in [0.5, 0.6) is 0 Å². The molecule has 16 heavy (non-hydrogen) atoms. The van der Waals surface area contributed by atoms with Crippen molar-refractivity contribution in [3.05, 3.63) is 0 Å². The molecule has 3 nitrogen and oxygen atoms in total. The van der Waals surface area contributed by atoms with E-state index in [0.29, 0.717) is 13.0 Å². The fourth-order valence-electron chi connectivity index (χ4n) is 1.54. The first-order chi connectivity index (χ1) is 6.83. The van der Waals surface area contributed by atoms with Crippen molar-refractivity contribution in [1.82, 2.24) is 10.6 Å². The summed E-state index contributed by atoms with van der Waals surface area (Å²) in [7, 11) is 0. The second-order valence-corrected chi connectivity index (χ2v) is 4.11. The molecule has 0 bridgehead atoms. The zero-order valence-electron chi connectivity index (χ0n) is 8.99. The minimum atomic E-state index is -4.21. The molecule has 1 rings (SSSR count). The number of nitrogens with one attached hydrogen (secondary N) is 2. The van der Waals surface area contributed by atoms with Crippen molar-refractivity contribution in [1.29, 1.82) is 0 Å². The van der Waals surface area contributed by atoms with Crippen LogP contribution in [0.15, 0.2) is 0 Å². The molecule has 7 heteroatoms. The highest BCUT2D eigenvalue weighted by Gasteiger charge is 2.36. The lowest BCUT2D eigenvalue weighted by Gasteiger charge is -2.21. The zero-order valence-corrected chi connectivity index (χ0v) is 9.80. The molecule has 0 saturated carbocycles. The minimum Gasteiger partial charge on any atom is -0.355 e. The van der Waals surface area contributed by atoms with E-state index >= 15 is 0 Å². The largest absolute Gasteiger partial charge is 0.390 e. The summed E-state index contributed by atoms with van der Waals surface area (Å²) in [4.78, 5) is 11.5. The highest BCUT2D eigenvalue weighted by molar-refractivity contribution is 5.85. The van der Waals surface area contributed by atoms with Gasteiger partial charge in [-0.05, 0) is 19.9 Å². The third kappa shape index (κ3) is 4.57. The highest BCUT2D eigenvalue weighted by Crippen LogP contribution is 2.24. The Morgan fingerprint density at radius 2 is 2.12 bits per heavy atom. The summed E-state index contributed by atoms with van der Waals surface area (Å²) in [6.07, 6.45) is -4.50. The highest BCUT2D eigenvalue weighted by atomic mass is 35.5. The van der Waals surface area contributed by atoms with Gasteiger partial charge in [0.2, 0.25) is 5.91 Å². The molecule has 1 aliphatic heterocycles. The summed E-state index contributed by atoms with van der Waals surface area (Å²) in [5.74, 6) is -0.295. The van der Waals surface area contributed by atoms with Gasteiger partial charge in [-0.25, -0.2) is 0 Å². The molecule has 0 aromatic heterocycles. The Hall–Kier alpha value is -0.490. The number of hydrogen-bond acceptors (Lipinski definition) is 2. The molecule has 96 valence electrons. The summed E-state index contributed by atoms with van der Waals surface area (Å²) >= 11 is 0. The van der Waals surface area contributed by atoms with Crippen LogP contribution in [-0.4, -0.2) is 31.7 Å². The molecule has 1 saturated heterocycles. The van der Waals surface area contributed by atoms with Crippen LogP contribution >= 0.6 is 12.4 Å². The number of alkyl halides is 3. The number of carbonyl (C=O) groups is 1. The Morgan fingerprint density at radius 1 is 1.50 bits per heavy atom. The van der Waals surface area contributed by atoms with Gasteiger partial charge in [0.25, 0.3) is 0 Å². The molecular weight excluding hydrogens is 245 g/mol. The maximum absolute atomic E-state index is 11.8. The van der Waals surface area contributed by atoms with Gasteiger partial charge in [0.05, 0.1) is 11.8 Å². The van der Waals surface area contributed by atoms with Crippen LogP contribution in [0.3, 0.4) is 0 Å². The zero-order chi connectivity index (χ0) is 11.5. The normalized spacial score (nSPS) is 25.0. The molecule has 2 N–H and O–H groups in total. The predicted molar refractivity (Wildman–Crippen MR) is 56.5 cm³/mol. The smallest absolute Gasteiger partial charge is 0.355 e. The second kappa shape index (κ2) is 5.72. The van der Waals surface area contributed by atoms with E-state index < -0.39 is 18.0 Å². The van der Waals surface area contributed by atoms with Crippen molar-refractivity contribution < 1.29 is 18.0 Å². The van der Waals surface area contributed by atoms with Crippen LogP contribution in [-0.2, 0) is 4.79 Å². The van der Waals surface area contributed by atoms with Crippen LogP contribution in [0.4, 0.5) is 13.2 Å². The van der Waals surface area contributed by atoms with E-state index in [2.05, 4.69) is 10.6 Å². The Morgan fingerprint density at radius 3 is 2.56 bits per heavy atom. The number of halogens is 4. The predicted octanol–water partition coefficient (Wildman–Crippen LogP) is 1.48. The van der Waals surface area contributed by atoms with Crippen LogP contribution in [0.2, 0.25) is 0 Å². The second-order valence-electron chi connectivity index (χ2n) is 4.11. The van der Waals surface area contributed by atoms with Gasteiger partial charge in [-0.1, -0.05) is 0 Å².